The van der Waals surface area contributed by atoms with Gasteiger partial charge in [0.1, 0.15) is 0 Å². The number of nitriles is 1. The summed E-state index contributed by atoms with van der Waals surface area (Å²) in [5.41, 5.74) is 3.64. The van der Waals surface area contributed by atoms with Gasteiger partial charge in [-0.15, -0.1) is 0 Å². The Balaban J connectivity index is 2.00. The summed E-state index contributed by atoms with van der Waals surface area (Å²) in [7, 11) is 0. The maximum absolute atomic E-state index is 11.7. The lowest BCUT2D eigenvalue weighted by atomic mass is 10.1. The van der Waals surface area contributed by atoms with Crippen molar-refractivity contribution in [1.82, 2.24) is 0 Å². The van der Waals surface area contributed by atoms with Gasteiger partial charge in [0.05, 0.1) is 11.6 Å². The molecule has 2 aromatic rings. The summed E-state index contributed by atoms with van der Waals surface area (Å²) < 4.78 is 0. The minimum absolute atomic E-state index is 0.0401. The third-order valence-electron chi connectivity index (χ3n) is 3.53. The standard InChI is InChI=1S/C19H19N3O2/c1-13(23)18-8-5-16(12-20)11-19(18)21-10-9-15-3-6-17(7-4-15)22-14(2)24/h3-8,11,21H,9-10H2,1-2H3,(H,22,24). The molecule has 2 rings (SSSR count). The Morgan fingerprint density at radius 2 is 1.79 bits per heavy atom. The van der Waals surface area contributed by atoms with Crippen LogP contribution in [-0.2, 0) is 11.2 Å². The largest absolute Gasteiger partial charge is 0.384 e. The molecular formula is C19H19N3O2. The lowest BCUT2D eigenvalue weighted by Gasteiger charge is -2.11. The molecule has 0 saturated heterocycles. The predicted molar refractivity (Wildman–Crippen MR) is 94.1 cm³/mol. The molecule has 0 unspecified atom stereocenters. The van der Waals surface area contributed by atoms with Gasteiger partial charge >= 0.3 is 0 Å². The van der Waals surface area contributed by atoms with Crippen molar-refractivity contribution >= 4 is 23.1 Å². The van der Waals surface area contributed by atoms with Gasteiger partial charge in [-0.3, -0.25) is 9.59 Å². The highest BCUT2D eigenvalue weighted by molar-refractivity contribution is 5.99. The van der Waals surface area contributed by atoms with Crippen molar-refractivity contribution in [2.75, 3.05) is 17.2 Å². The number of anilines is 2. The number of nitrogens with zero attached hydrogens (tertiary/aromatic N) is 1. The smallest absolute Gasteiger partial charge is 0.221 e. The molecule has 0 bridgehead atoms. The first kappa shape index (κ1) is 17.2. The van der Waals surface area contributed by atoms with E-state index < -0.39 is 0 Å². The molecule has 0 aromatic heterocycles. The lowest BCUT2D eigenvalue weighted by Crippen LogP contribution is -2.09. The lowest BCUT2D eigenvalue weighted by molar-refractivity contribution is -0.114. The summed E-state index contributed by atoms with van der Waals surface area (Å²) in [4.78, 5) is 22.7. The van der Waals surface area contributed by atoms with Crippen molar-refractivity contribution in [3.05, 3.63) is 59.2 Å². The van der Waals surface area contributed by atoms with Gasteiger partial charge < -0.3 is 10.6 Å². The van der Waals surface area contributed by atoms with Crippen LogP contribution in [0.3, 0.4) is 0 Å². The van der Waals surface area contributed by atoms with Gasteiger partial charge in [-0.25, -0.2) is 0 Å². The Morgan fingerprint density at radius 3 is 2.38 bits per heavy atom. The Hall–Kier alpha value is -3.13. The quantitative estimate of drug-likeness (QED) is 0.799. The van der Waals surface area contributed by atoms with Crippen molar-refractivity contribution in [2.24, 2.45) is 0 Å². The number of nitrogens with one attached hydrogen (secondary N) is 2. The van der Waals surface area contributed by atoms with Crippen LogP contribution in [0.25, 0.3) is 0 Å². The molecule has 0 aliphatic carbocycles. The van der Waals surface area contributed by atoms with Gasteiger partial charge in [0.15, 0.2) is 5.78 Å². The second kappa shape index (κ2) is 7.93. The van der Waals surface area contributed by atoms with Crippen LogP contribution < -0.4 is 10.6 Å². The fourth-order valence-corrected chi connectivity index (χ4v) is 2.37. The van der Waals surface area contributed by atoms with E-state index in [2.05, 4.69) is 16.7 Å². The average molecular weight is 321 g/mol. The average Bonchev–Trinajstić information content (AvgIpc) is 2.55. The molecular weight excluding hydrogens is 302 g/mol. The van der Waals surface area contributed by atoms with E-state index in [1.54, 1.807) is 18.2 Å². The second-order valence-electron chi connectivity index (χ2n) is 5.48. The van der Waals surface area contributed by atoms with Gasteiger partial charge in [0.25, 0.3) is 0 Å². The van der Waals surface area contributed by atoms with E-state index >= 15 is 0 Å². The van der Waals surface area contributed by atoms with Crippen LogP contribution in [0.5, 0.6) is 0 Å². The predicted octanol–water partition coefficient (Wildman–Crippen LogP) is 3.37. The van der Waals surface area contributed by atoms with E-state index in [0.717, 1.165) is 17.7 Å². The summed E-state index contributed by atoms with van der Waals surface area (Å²) in [6.45, 7) is 3.61. The van der Waals surface area contributed by atoms with Crippen molar-refractivity contribution in [2.45, 2.75) is 20.3 Å². The van der Waals surface area contributed by atoms with Gasteiger partial charge in [-0.2, -0.15) is 5.26 Å². The second-order valence-corrected chi connectivity index (χ2v) is 5.48. The zero-order valence-corrected chi connectivity index (χ0v) is 13.7. The summed E-state index contributed by atoms with van der Waals surface area (Å²) >= 11 is 0. The molecule has 0 radical (unpaired) electrons. The summed E-state index contributed by atoms with van der Waals surface area (Å²) in [5.74, 6) is -0.139. The Labute approximate surface area is 141 Å². The normalized spacial score (nSPS) is 9.88. The van der Waals surface area contributed by atoms with Crippen molar-refractivity contribution < 1.29 is 9.59 Å². The Kier molecular flexibility index (Phi) is 5.69. The van der Waals surface area contributed by atoms with Crippen molar-refractivity contribution in [1.29, 1.82) is 5.26 Å². The van der Waals surface area contributed by atoms with E-state index in [1.807, 2.05) is 24.3 Å². The Morgan fingerprint density at radius 1 is 1.08 bits per heavy atom. The first-order valence-corrected chi connectivity index (χ1v) is 7.65. The van der Waals surface area contributed by atoms with Crippen molar-refractivity contribution in [3.63, 3.8) is 0 Å². The highest BCUT2D eigenvalue weighted by Gasteiger charge is 2.08. The third-order valence-corrected chi connectivity index (χ3v) is 3.53. The van der Waals surface area contributed by atoms with Crippen molar-refractivity contribution in [3.8, 4) is 6.07 Å². The molecule has 24 heavy (non-hydrogen) atoms. The first-order valence-electron chi connectivity index (χ1n) is 7.65. The molecule has 0 atom stereocenters. The fraction of sp³-hybridized carbons (Fsp3) is 0.211. The molecule has 2 N–H and O–H groups in total. The van der Waals surface area contributed by atoms with E-state index in [0.29, 0.717) is 23.4 Å². The maximum Gasteiger partial charge on any atom is 0.221 e. The highest BCUT2D eigenvalue weighted by Crippen LogP contribution is 2.18. The van der Waals surface area contributed by atoms with E-state index in [9.17, 15) is 9.59 Å². The van der Waals surface area contributed by atoms with E-state index in [-0.39, 0.29) is 11.7 Å². The van der Waals surface area contributed by atoms with Gasteiger partial charge in [0.2, 0.25) is 5.91 Å². The van der Waals surface area contributed by atoms with Crippen LogP contribution in [0, 0.1) is 11.3 Å². The highest BCUT2D eigenvalue weighted by atomic mass is 16.1. The minimum Gasteiger partial charge on any atom is -0.384 e. The first-order chi connectivity index (χ1) is 11.5. The monoisotopic (exact) mass is 321 g/mol. The van der Waals surface area contributed by atoms with Crippen LogP contribution in [0.1, 0.15) is 35.3 Å². The number of Topliss-reactive ketones (excluding diaryl/α,β-unsaturated/α-hetero) is 1. The molecule has 0 saturated carbocycles. The minimum atomic E-state index is -0.0986. The summed E-state index contributed by atoms with van der Waals surface area (Å²) in [6, 6.07) is 14.7. The third kappa shape index (κ3) is 4.68. The summed E-state index contributed by atoms with van der Waals surface area (Å²) in [6.07, 6.45) is 0.758. The number of hydrogen-bond acceptors (Lipinski definition) is 4. The van der Waals surface area contributed by atoms with Gasteiger partial charge in [-0.1, -0.05) is 12.1 Å². The van der Waals surface area contributed by atoms with E-state index in [1.165, 1.54) is 13.8 Å². The number of carbonyl (C=O) groups excluding carboxylic acids is 2. The Bertz CT molecular complexity index is 789. The molecule has 1 amide bonds. The number of rotatable bonds is 6. The van der Waals surface area contributed by atoms with Gasteiger partial charge in [0, 0.05) is 30.4 Å². The molecule has 122 valence electrons. The maximum atomic E-state index is 11.7. The van der Waals surface area contributed by atoms with Crippen LogP contribution in [0.2, 0.25) is 0 Å². The van der Waals surface area contributed by atoms with Crippen LogP contribution in [0.15, 0.2) is 42.5 Å². The SMILES string of the molecule is CC(=O)Nc1ccc(CCNc2cc(C#N)ccc2C(C)=O)cc1. The number of amides is 1. The fourth-order valence-electron chi connectivity index (χ4n) is 2.37. The van der Waals surface area contributed by atoms with Gasteiger partial charge in [-0.05, 0) is 49.2 Å². The molecule has 2 aromatic carbocycles. The molecule has 0 fully saturated rings. The molecule has 0 spiro atoms. The van der Waals surface area contributed by atoms with Crippen LogP contribution in [-0.4, -0.2) is 18.2 Å². The number of benzene rings is 2. The zero-order valence-electron chi connectivity index (χ0n) is 13.7. The molecule has 5 nitrogen and oxygen atoms in total. The molecule has 0 aliphatic heterocycles. The summed E-state index contributed by atoms with van der Waals surface area (Å²) in [5, 5.41) is 14.9. The van der Waals surface area contributed by atoms with Crippen LogP contribution in [0.4, 0.5) is 11.4 Å². The molecule has 5 heteroatoms. The number of ketones is 1. The number of carbonyl (C=O) groups is 2. The van der Waals surface area contributed by atoms with E-state index in [4.69, 9.17) is 5.26 Å². The molecule has 0 aliphatic rings. The zero-order chi connectivity index (χ0) is 17.5. The molecule has 0 heterocycles. The topological polar surface area (TPSA) is 82.0 Å². The van der Waals surface area contributed by atoms with Crippen LogP contribution >= 0.6 is 0 Å². The number of hydrogen-bond donors (Lipinski definition) is 2.